The maximum atomic E-state index is 12.4. The van der Waals surface area contributed by atoms with Crippen LogP contribution < -0.4 is 0 Å². The molecule has 1 aromatic heterocycles. The predicted octanol–water partition coefficient (Wildman–Crippen LogP) is 3.62. The van der Waals surface area contributed by atoms with Gasteiger partial charge in [0.15, 0.2) is 0 Å². The molecule has 0 bridgehead atoms. The van der Waals surface area contributed by atoms with Gasteiger partial charge in [0.25, 0.3) is 0 Å². The van der Waals surface area contributed by atoms with E-state index in [1.165, 1.54) is 11.8 Å². The molecule has 0 saturated heterocycles. The Morgan fingerprint density at radius 2 is 1.95 bits per heavy atom. The fourth-order valence-corrected chi connectivity index (χ4v) is 2.26. The van der Waals surface area contributed by atoms with E-state index >= 15 is 0 Å². The van der Waals surface area contributed by atoms with Crippen molar-refractivity contribution in [1.82, 2.24) is 9.88 Å². The molecule has 0 saturated carbocycles. The van der Waals surface area contributed by atoms with Crippen molar-refractivity contribution in [2.24, 2.45) is 0 Å². The molecule has 2 aromatic rings. The van der Waals surface area contributed by atoms with Gasteiger partial charge >= 0.3 is 0 Å². The Bertz CT molecular complexity index is 783. The van der Waals surface area contributed by atoms with Gasteiger partial charge in [0.1, 0.15) is 11.6 Å². The van der Waals surface area contributed by atoms with Crippen molar-refractivity contribution in [3.63, 3.8) is 0 Å². The third kappa shape index (κ3) is 3.20. The van der Waals surface area contributed by atoms with E-state index in [1.54, 1.807) is 25.1 Å². The first-order valence-corrected chi connectivity index (χ1v) is 7.18. The van der Waals surface area contributed by atoms with Crippen LogP contribution in [0.5, 0.6) is 0 Å². The van der Waals surface area contributed by atoms with E-state index < -0.39 is 0 Å². The van der Waals surface area contributed by atoms with Crippen molar-refractivity contribution in [1.29, 1.82) is 5.26 Å². The second-order valence-electron chi connectivity index (χ2n) is 6.68. The number of carbonyl (C=O) groups is 1. The zero-order valence-electron chi connectivity index (χ0n) is 13.7. The number of nitrogens with zero attached hydrogens (tertiary/aromatic N) is 2. The lowest BCUT2D eigenvalue weighted by atomic mass is 9.87. The van der Waals surface area contributed by atoms with Crippen LogP contribution in [0.3, 0.4) is 0 Å². The number of allylic oxidation sites excluding steroid dienone is 1. The molecule has 0 aliphatic carbocycles. The molecule has 0 unspecified atom stereocenters. The molecule has 0 atom stereocenters. The third-order valence-electron chi connectivity index (χ3n) is 3.49. The van der Waals surface area contributed by atoms with E-state index in [4.69, 9.17) is 5.26 Å². The van der Waals surface area contributed by atoms with Gasteiger partial charge in [-0.15, -0.1) is 0 Å². The molecule has 4 nitrogen and oxygen atoms in total. The zero-order chi connectivity index (χ0) is 16.5. The summed E-state index contributed by atoms with van der Waals surface area (Å²) in [6.45, 7) is 6.45. The zero-order valence-corrected chi connectivity index (χ0v) is 13.7. The Labute approximate surface area is 131 Å². The molecule has 0 amide bonds. The minimum absolute atomic E-state index is 0.0477. The molecule has 0 aliphatic rings. The lowest BCUT2D eigenvalue weighted by Gasteiger charge is -2.18. The standard InChI is InChI=1S/C18H21N3O/c1-18(2,3)14-7-6-12-8-16(20-15(12)9-14)17(22)13(10-19)11-21(4)5/h6-9,11,20H,1-5H3/b13-11+. The Balaban J connectivity index is 2.46. The van der Waals surface area contributed by atoms with Gasteiger partial charge in [-0.2, -0.15) is 5.26 Å². The Hall–Kier alpha value is -2.54. The van der Waals surface area contributed by atoms with Gasteiger partial charge in [-0.1, -0.05) is 32.9 Å². The highest BCUT2D eigenvalue weighted by Crippen LogP contribution is 2.26. The summed E-state index contributed by atoms with van der Waals surface area (Å²) in [5, 5.41) is 10.1. The van der Waals surface area contributed by atoms with E-state index in [9.17, 15) is 4.79 Å². The normalized spacial score (nSPS) is 12.3. The first kappa shape index (κ1) is 15.8. The van der Waals surface area contributed by atoms with E-state index in [-0.39, 0.29) is 16.8 Å². The molecule has 22 heavy (non-hydrogen) atoms. The van der Waals surface area contributed by atoms with Crippen molar-refractivity contribution in [3.8, 4) is 6.07 Å². The minimum atomic E-state index is -0.287. The number of Topliss-reactive ketones (excluding diaryl/α,β-unsaturated/α-hetero) is 1. The monoisotopic (exact) mass is 295 g/mol. The average Bonchev–Trinajstić information content (AvgIpc) is 2.85. The van der Waals surface area contributed by atoms with Crippen molar-refractivity contribution >= 4 is 16.7 Å². The first-order chi connectivity index (χ1) is 10.2. The summed E-state index contributed by atoms with van der Waals surface area (Å²) in [6, 6.07) is 9.90. The lowest BCUT2D eigenvalue weighted by molar-refractivity contribution is 0.103. The second-order valence-corrected chi connectivity index (χ2v) is 6.68. The third-order valence-corrected chi connectivity index (χ3v) is 3.49. The SMILES string of the molecule is CN(C)/C=C(\C#N)C(=O)c1cc2ccc(C(C)(C)C)cc2[nH]1. The van der Waals surface area contributed by atoms with Crippen molar-refractivity contribution in [2.75, 3.05) is 14.1 Å². The fraction of sp³-hybridized carbons (Fsp3) is 0.333. The number of rotatable bonds is 3. The molecule has 114 valence electrons. The summed E-state index contributed by atoms with van der Waals surface area (Å²) in [7, 11) is 3.57. The highest BCUT2D eigenvalue weighted by molar-refractivity contribution is 6.12. The van der Waals surface area contributed by atoms with Crippen molar-refractivity contribution < 1.29 is 4.79 Å². The van der Waals surface area contributed by atoms with Gasteiger partial charge in [0.05, 0.1) is 5.69 Å². The Kier molecular flexibility index (Phi) is 4.09. The van der Waals surface area contributed by atoms with Gasteiger partial charge in [-0.3, -0.25) is 4.79 Å². The largest absolute Gasteiger partial charge is 0.382 e. The average molecular weight is 295 g/mol. The number of aromatic nitrogens is 1. The maximum absolute atomic E-state index is 12.4. The number of ketones is 1. The van der Waals surface area contributed by atoms with Crippen LogP contribution in [0.4, 0.5) is 0 Å². The number of H-pyrrole nitrogens is 1. The molecule has 0 aliphatic heterocycles. The number of benzene rings is 1. The molecule has 0 spiro atoms. The molecule has 0 fully saturated rings. The van der Waals surface area contributed by atoms with Crippen LogP contribution in [0.15, 0.2) is 36.0 Å². The number of carbonyl (C=O) groups excluding carboxylic acids is 1. The molecule has 1 heterocycles. The van der Waals surface area contributed by atoms with Crippen LogP contribution in [0.2, 0.25) is 0 Å². The first-order valence-electron chi connectivity index (χ1n) is 7.18. The Morgan fingerprint density at radius 3 is 2.50 bits per heavy atom. The van der Waals surface area contributed by atoms with E-state index in [0.29, 0.717) is 5.69 Å². The number of nitriles is 1. The fourth-order valence-electron chi connectivity index (χ4n) is 2.26. The Morgan fingerprint density at radius 1 is 1.27 bits per heavy atom. The van der Waals surface area contributed by atoms with Gasteiger partial charge in [-0.05, 0) is 23.1 Å². The van der Waals surface area contributed by atoms with Gasteiger partial charge < -0.3 is 9.88 Å². The molecule has 1 N–H and O–H groups in total. The van der Waals surface area contributed by atoms with Crippen LogP contribution in [0.1, 0.15) is 36.8 Å². The summed E-state index contributed by atoms with van der Waals surface area (Å²) >= 11 is 0. The number of hydrogen-bond acceptors (Lipinski definition) is 3. The van der Waals surface area contributed by atoms with Crippen LogP contribution in [-0.2, 0) is 5.41 Å². The summed E-state index contributed by atoms with van der Waals surface area (Å²) in [5.41, 5.74) is 2.72. The highest BCUT2D eigenvalue weighted by Gasteiger charge is 2.17. The number of aromatic amines is 1. The van der Waals surface area contributed by atoms with Crippen LogP contribution >= 0.6 is 0 Å². The van der Waals surface area contributed by atoms with Crippen LogP contribution in [0.25, 0.3) is 10.9 Å². The number of fused-ring (bicyclic) bond motifs is 1. The quantitative estimate of drug-likeness (QED) is 0.534. The topological polar surface area (TPSA) is 59.9 Å². The molecule has 1 aromatic carbocycles. The van der Waals surface area contributed by atoms with E-state index in [2.05, 4.69) is 37.9 Å². The van der Waals surface area contributed by atoms with Gasteiger partial charge in [0.2, 0.25) is 5.78 Å². The van der Waals surface area contributed by atoms with Crippen molar-refractivity contribution in [3.05, 3.63) is 47.3 Å². The predicted molar refractivity (Wildman–Crippen MR) is 88.7 cm³/mol. The maximum Gasteiger partial charge on any atom is 0.221 e. The highest BCUT2D eigenvalue weighted by atomic mass is 16.1. The molecular weight excluding hydrogens is 274 g/mol. The summed E-state index contributed by atoms with van der Waals surface area (Å²) in [6.07, 6.45) is 1.54. The lowest BCUT2D eigenvalue weighted by Crippen LogP contribution is -2.10. The summed E-state index contributed by atoms with van der Waals surface area (Å²) < 4.78 is 0. The summed E-state index contributed by atoms with van der Waals surface area (Å²) in [5.74, 6) is -0.287. The van der Waals surface area contributed by atoms with Crippen molar-refractivity contribution in [2.45, 2.75) is 26.2 Å². The van der Waals surface area contributed by atoms with Gasteiger partial charge in [-0.25, -0.2) is 0 Å². The smallest absolute Gasteiger partial charge is 0.221 e. The van der Waals surface area contributed by atoms with Gasteiger partial charge in [0, 0.05) is 31.2 Å². The number of nitrogens with one attached hydrogen (secondary N) is 1. The molecule has 2 rings (SSSR count). The van der Waals surface area contributed by atoms with Crippen LogP contribution in [0, 0.1) is 11.3 Å². The molecular formula is C18H21N3O. The van der Waals surface area contributed by atoms with E-state index in [1.807, 2.05) is 12.1 Å². The second kappa shape index (κ2) is 5.69. The molecule has 0 radical (unpaired) electrons. The number of hydrogen-bond donors (Lipinski definition) is 1. The van der Waals surface area contributed by atoms with E-state index in [0.717, 1.165) is 10.9 Å². The minimum Gasteiger partial charge on any atom is -0.382 e. The molecule has 4 heteroatoms. The van der Waals surface area contributed by atoms with Crippen LogP contribution in [-0.4, -0.2) is 29.8 Å². The summed E-state index contributed by atoms with van der Waals surface area (Å²) in [4.78, 5) is 17.2.